The van der Waals surface area contributed by atoms with Crippen LogP contribution in [0.1, 0.15) is 60.3 Å². The maximum absolute atomic E-state index is 13.0. The first-order valence-electron chi connectivity index (χ1n) is 11.1. The highest BCUT2D eigenvalue weighted by atomic mass is 32.2. The summed E-state index contributed by atoms with van der Waals surface area (Å²) in [6.07, 6.45) is 5.24. The van der Waals surface area contributed by atoms with Crippen molar-refractivity contribution >= 4 is 27.3 Å². The molecule has 1 amide bonds. The van der Waals surface area contributed by atoms with E-state index in [0.717, 1.165) is 32.4 Å². The largest absolute Gasteiger partial charge is 0.350 e. The number of sulfonamides is 1. The minimum Gasteiger partial charge on any atom is -0.350 e. The lowest BCUT2D eigenvalue weighted by Crippen LogP contribution is -2.41. The van der Waals surface area contributed by atoms with E-state index in [1.165, 1.54) is 17.7 Å². The zero-order valence-electron chi connectivity index (χ0n) is 18.0. The van der Waals surface area contributed by atoms with E-state index in [-0.39, 0.29) is 22.9 Å². The molecule has 2 atom stereocenters. The highest BCUT2D eigenvalue weighted by Crippen LogP contribution is 2.28. The molecule has 1 N–H and O–H groups in total. The van der Waals surface area contributed by atoms with Crippen molar-refractivity contribution in [2.24, 2.45) is 0 Å². The molecule has 0 bridgehead atoms. The molecule has 2 aliphatic rings. The number of likely N-dealkylation sites (tertiary alicyclic amines) is 1. The Labute approximate surface area is 189 Å². The van der Waals surface area contributed by atoms with Gasteiger partial charge in [0, 0.05) is 29.6 Å². The minimum atomic E-state index is -3.52. The van der Waals surface area contributed by atoms with Crippen molar-refractivity contribution in [2.45, 2.75) is 56.0 Å². The first-order valence-corrected chi connectivity index (χ1v) is 13.5. The Bertz CT molecular complexity index is 968. The molecule has 8 heteroatoms. The fraction of sp³-hybridized carbons (Fsp3) is 0.522. The molecule has 3 heterocycles. The van der Waals surface area contributed by atoms with Gasteiger partial charge in [-0.05, 0) is 81.4 Å². The lowest BCUT2D eigenvalue weighted by molar-refractivity contribution is 0.0938. The van der Waals surface area contributed by atoms with Gasteiger partial charge in [0.15, 0.2) is 0 Å². The molecule has 1 aromatic heterocycles. The number of nitrogens with one attached hydrogen (secondary N) is 1. The van der Waals surface area contributed by atoms with E-state index >= 15 is 0 Å². The average molecular weight is 462 g/mol. The average Bonchev–Trinajstić information content (AvgIpc) is 3.49. The predicted molar refractivity (Wildman–Crippen MR) is 124 cm³/mol. The van der Waals surface area contributed by atoms with Crippen LogP contribution in [-0.2, 0) is 10.0 Å². The van der Waals surface area contributed by atoms with E-state index in [1.807, 2.05) is 13.0 Å². The topological polar surface area (TPSA) is 69.7 Å². The first-order chi connectivity index (χ1) is 15.0. The van der Waals surface area contributed by atoms with Gasteiger partial charge in [-0.3, -0.25) is 9.69 Å². The molecule has 2 aromatic rings. The van der Waals surface area contributed by atoms with Gasteiger partial charge in [-0.25, -0.2) is 8.42 Å². The van der Waals surface area contributed by atoms with Gasteiger partial charge < -0.3 is 5.32 Å². The van der Waals surface area contributed by atoms with E-state index in [0.29, 0.717) is 18.7 Å². The van der Waals surface area contributed by atoms with Gasteiger partial charge in [0.2, 0.25) is 10.0 Å². The zero-order valence-corrected chi connectivity index (χ0v) is 19.6. The number of piperidine rings is 1. The Morgan fingerprint density at radius 2 is 1.81 bits per heavy atom. The summed E-state index contributed by atoms with van der Waals surface area (Å²) in [5.41, 5.74) is 0.483. The van der Waals surface area contributed by atoms with Crippen LogP contribution in [0.3, 0.4) is 0 Å². The standard InChI is InChI=1S/C23H31N3O3S2/c1-18-7-2-3-15-26(18)31(28,29)20-11-9-19(10-12-20)23(27)24-17-21(22-8-6-16-30-22)25-13-4-5-14-25/h6,8-12,16,18,21H,2-5,7,13-15,17H2,1H3,(H,24,27). The van der Waals surface area contributed by atoms with Gasteiger partial charge in [-0.15, -0.1) is 11.3 Å². The number of amides is 1. The van der Waals surface area contributed by atoms with Crippen LogP contribution in [0.25, 0.3) is 0 Å². The van der Waals surface area contributed by atoms with Crippen molar-refractivity contribution in [3.05, 3.63) is 52.2 Å². The second-order valence-electron chi connectivity index (χ2n) is 8.47. The molecule has 31 heavy (non-hydrogen) atoms. The third-order valence-electron chi connectivity index (χ3n) is 6.37. The molecule has 0 radical (unpaired) electrons. The summed E-state index contributed by atoms with van der Waals surface area (Å²) < 4.78 is 27.6. The van der Waals surface area contributed by atoms with Crippen LogP contribution in [0.15, 0.2) is 46.7 Å². The van der Waals surface area contributed by atoms with Crippen LogP contribution in [0, 0.1) is 0 Å². The molecule has 2 aliphatic heterocycles. The van der Waals surface area contributed by atoms with Crippen LogP contribution < -0.4 is 5.32 Å². The number of hydrogen-bond donors (Lipinski definition) is 1. The predicted octanol–water partition coefficient (Wildman–Crippen LogP) is 3.88. The van der Waals surface area contributed by atoms with Crippen molar-refractivity contribution in [2.75, 3.05) is 26.2 Å². The Morgan fingerprint density at radius 1 is 1.10 bits per heavy atom. The van der Waals surface area contributed by atoms with Crippen molar-refractivity contribution in [3.63, 3.8) is 0 Å². The quantitative estimate of drug-likeness (QED) is 0.679. The van der Waals surface area contributed by atoms with Crippen LogP contribution in [0.5, 0.6) is 0 Å². The fourth-order valence-corrected chi connectivity index (χ4v) is 7.14. The summed E-state index contributed by atoms with van der Waals surface area (Å²) in [5, 5.41) is 5.13. The van der Waals surface area contributed by atoms with E-state index in [2.05, 4.69) is 21.7 Å². The molecule has 4 rings (SSSR count). The normalized spacial score (nSPS) is 21.8. The minimum absolute atomic E-state index is 0.0153. The van der Waals surface area contributed by atoms with Gasteiger partial charge in [0.25, 0.3) is 5.91 Å². The van der Waals surface area contributed by atoms with Gasteiger partial charge >= 0.3 is 0 Å². The fourth-order valence-electron chi connectivity index (χ4n) is 4.58. The second-order valence-corrected chi connectivity index (χ2v) is 11.3. The SMILES string of the molecule is CC1CCCCN1S(=O)(=O)c1ccc(C(=O)NCC(c2cccs2)N2CCCC2)cc1. The van der Waals surface area contributed by atoms with Crippen molar-refractivity contribution in [1.29, 1.82) is 0 Å². The number of carbonyl (C=O) groups excluding carboxylic acids is 1. The van der Waals surface area contributed by atoms with Gasteiger partial charge in [-0.2, -0.15) is 4.31 Å². The summed E-state index contributed by atoms with van der Waals surface area (Å²) in [6.45, 7) is 5.18. The number of rotatable bonds is 7. The molecule has 0 aliphatic carbocycles. The number of benzene rings is 1. The maximum Gasteiger partial charge on any atom is 0.251 e. The van der Waals surface area contributed by atoms with E-state index < -0.39 is 10.0 Å². The maximum atomic E-state index is 13.0. The summed E-state index contributed by atoms with van der Waals surface area (Å²) in [5.74, 6) is -0.170. The summed E-state index contributed by atoms with van der Waals surface area (Å²) in [7, 11) is -3.52. The molecule has 6 nitrogen and oxygen atoms in total. The number of hydrogen-bond acceptors (Lipinski definition) is 5. The summed E-state index contributed by atoms with van der Waals surface area (Å²) in [6, 6.07) is 10.7. The monoisotopic (exact) mass is 461 g/mol. The van der Waals surface area contributed by atoms with Crippen LogP contribution in [0.4, 0.5) is 0 Å². The number of nitrogens with zero attached hydrogens (tertiary/aromatic N) is 2. The molecule has 168 valence electrons. The number of carbonyl (C=O) groups is 1. The Hall–Kier alpha value is -1.74. The molecule has 1 aromatic carbocycles. The zero-order chi connectivity index (χ0) is 21.8. The van der Waals surface area contributed by atoms with Gasteiger partial charge in [0.05, 0.1) is 10.9 Å². The third-order valence-corrected chi connectivity index (χ3v) is 9.38. The Morgan fingerprint density at radius 3 is 2.45 bits per heavy atom. The van der Waals surface area contributed by atoms with Gasteiger partial charge in [-0.1, -0.05) is 12.5 Å². The van der Waals surface area contributed by atoms with E-state index in [4.69, 9.17) is 0 Å². The van der Waals surface area contributed by atoms with Gasteiger partial charge in [0.1, 0.15) is 0 Å². The van der Waals surface area contributed by atoms with Crippen LogP contribution in [0.2, 0.25) is 0 Å². The molecule has 2 unspecified atom stereocenters. The highest BCUT2D eigenvalue weighted by molar-refractivity contribution is 7.89. The molecule has 2 saturated heterocycles. The highest BCUT2D eigenvalue weighted by Gasteiger charge is 2.31. The third kappa shape index (κ3) is 5.03. The van der Waals surface area contributed by atoms with Crippen molar-refractivity contribution in [1.82, 2.24) is 14.5 Å². The molecule has 0 spiro atoms. The molecule has 0 saturated carbocycles. The van der Waals surface area contributed by atoms with E-state index in [1.54, 1.807) is 39.9 Å². The lowest BCUT2D eigenvalue weighted by Gasteiger charge is -2.32. The Kier molecular flexibility index (Phi) is 7.11. The lowest BCUT2D eigenvalue weighted by atomic mass is 10.1. The Balaban J connectivity index is 1.42. The van der Waals surface area contributed by atoms with Crippen molar-refractivity contribution in [3.8, 4) is 0 Å². The second kappa shape index (κ2) is 9.81. The molecule has 2 fully saturated rings. The van der Waals surface area contributed by atoms with Crippen molar-refractivity contribution < 1.29 is 13.2 Å². The van der Waals surface area contributed by atoms with Crippen LogP contribution >= 0.6 is 11.3 Å². The summed E-state index contributed by atoms with van der Waals surface area (Å²) in [4.78, 5) is 16.7. The summed E-state index contributed by atoms with van der Waals surface area (Å²) >= 11 is 1.72. The first kappa shape index (κ1) is 22.5. The smallest absolute Gasteiger partial charge is 0.251 e. The number of thiophene rings is 1. The molecular formula is C23H31N3O3S2. The molecular weight excluding hydrogens is 430 g/mol. The van der Waals surface area contributed by atoms with E-state index in [9.17, 15) is 13.2 Å². The van der Waals surface area contributed by atoms with Crippen LogP contribution in [-0.4, -0.2) is 55.8 Å².